The number of anilines is 1. The molecule has 0 saturated carbocycles. The van der Waals surface area contributed by atoms with E-state index in [2.05, 4.69) is 10.4 Å². The van der Waals surface area contributed by atoms with Gasteiger partial charge in [0.2, 0.25) is 10.0 Å². The first-order chi connectivity index (χ1) is 11.8. The Kier molecular flexibility index (Phi) is 5.97. The van der Waals surface area contributed by atoms with Crippen molar-refractivity contribution in [3.63, 3.8) is 0 Å². The Hall–Kier alpha value is -2.19. The number of unbranched alkanes of at least 4 members (excludes halogenated alkanes) is 1. The molecule has 1 aromatic heterocycles. The van der Waals surface area contributed by atoms with Crippen molar-refractivity contribution >= 4 is 21.7 Å². The maximum Gasteiger partial charge on any atom is 0.256 e. The van der Waals surface area contributed by atoms with Crippen molar-refractivity contribution in [2.24, 2.45) is 7.05 Å². The van der Waals surface area contributed by atoms with Gasteiger partial charge in [-0.2, -0.15) is 5.10 Å². The van der Waals surface area contributed by atoms with E-state index in [0.717, 1.165) is 18.5 Å². The summed E-state index contributed by atoms with van der Waals surface area (Å²) in [5.41, 5.74) is 1.18. The molecule has 0 spiro atoms. The van der Waals surface area contributed by atoms with E-state index in [1.165, 1.54) is 28.6 Å². The van der Waals surface area contributed by atoms with E-state index in [4.69, 9.17) is 0 Å². The largest absolute Gasteiger partial charge is 0.307 e. The fourth-order valence-electron chi connectivity index (χ4n) is 2.38. The highest BCUT2D eigenvalue weighted by Crippen LogP contribution is 2.17. The lowest BCUT2D eigenvalue weighted by atomic mass is 10.2. The van der Waals surface area contributed by atoms with Gasteiger partial charge in [-0.25, -0.2) is 12.7 Å². The predicted octanol–water partition coefficient (Wildman–Crippen LogP) is 2.40. The molecule has 8 heteroatoms. The van der Waals surface area contributed by atoms with Crippen LogP contribution in [0.15, 0.2) is 35.2 Å². The maximum atomic E-state index is 12.5. The average molecular weight is 364 g/mol. The maximum absolute atomic E-state index is 12.5. The Morgan fingerprint density at radius 2 is 1.92 bits per heavy atom. The second-order valence-electron chi connectivity index (χ2n) is 5.95. The quantitative estimate of drug-likeness (QED) is 0.818. The van der Waals surface area contributed by atoms with E-state index in [9.17, 15) is 13.2 Å². The van der Waals surface area contributed by atoms with Crippen LogP contribution in [0.25, 0.3) is 0 Å². The number of sulfonamides is 1. The number of rotatable bonds is 7. The number of hydrogen-bond donors (Lipinski definition) is 1. The molecule has 0 aliphatic rings. The van der Waals surface area contributed by atoms with Crippen molar-refractivity contribution < 1.29 is 13.2 Å². The van der Waals surface area contributed by atoms with Crippen molar-refractivity contribution in [1.29, 1.82) is 0 Å². The fraction of sp³-hybridized carbons (Fsp3) is 0.412. The lowest BCUT2D eigenvalue weighted by Gasteiger charge is -2.17. The molecule has 0 aliphatic heterocycles. The number of benzene rings is 1. The number of nitrogens with one attached hydrogen (secondary N) is 1. The number of aryl methyl sites for hydroxylation is 2. The van der Waals surface area contributed by atoms with E-state index in [-0.39, 0.29) is 10.8 Å². The molecule has 0 radical (unpaired) electrons. The van der Waals surface area contributed by atoms with Gasteiger partial charge in [0, 0.05) is 32.3 Å². The van der Waals surface area contributed by atoms with E-state index >= 15 is 0 Å². The average Bonchev–Trinajstić information content (AvgIpc) is 2.89. The Labute approximate surface area is 148 Å². The molecule has 1 aromatic carbocycles. The van der Waals surface area contributed by atoms with Crippen molar-refractivity contribution in [2.45, 2.75) is 31.6 Å². The van der Waals surface area contributed by atoms with Gasteiger partial charge in [0.1, 0.15) is 5.82 Å². The van der Waals surface area contributed by atoms with Crippen LogP contribution >= 0.6 is 0 Å². The Bertz CT molecular complexity index is 841. The van der Waals surface area contributed by atoms with Gasteiger partial charge in [0.05, 0.1) is 10.6 Å². The summed E-state index contributed by atoms with van der Waals surface area (Å²) >= 11 is 0. The highest BCUT2D eigenvalue weighted by molar-refractivity contribution is 7.89. The first-order valence-corrected chi connectivity index (χ1v) is 9.58. The van der Waals surface area contributed by atoms with Gasteiger partial charge in [0.25, 0.3) is 5.91 Å². The molecule has 0 bridgehead atoms. The zero-order valence-electron chi connectivity index (χ0n) is 15.0. The van der Waals surface area contributed by atoms with Crippen molar-refractivity contribution in [2.75, 3.05) is 18.9 Å². The van der Waals surface area contributed by atoms with Crippen LogP contribution in [-0.4, -0.2) is 42.0 Å². The zero-order valence-corrected chi connectivity index (χ0v) is 15.8. The van der Waals surface area contributed by atoms with Crippen LogP contribution in [-0.2, 0) is 17.1 Å². The summed E-state index contributed by atoms with van der Waals surface area (Å²) in [4.78, 5) is 12.5. The number of amides is 1. The summed E-state index contributed by atoms with van der Waals surface area (Å²) in [5, 5.41) is 6.92. The molecule has 0 atom stereocenters. The van der Waals surface area contributed by atoms with Crippen LogP contribution in [0.1, 0.15) is 35.8 Å². The molecule has 25 heavy (non-hydrogen) atoms. The van der Waals surface area contributed by atoms with Crippen LogP contribution in [0, 0.1) is 6.92 Å². The van der Waals surface area contributed by atoms with Gasteiger partial charge in [0.15, 0.2) is 0 Å². The normalized spacial score (nSPS) is 11.7. The molecule has 0 fully saturated rings. The third-order valence-electron chi connectivity index (χ3n) is 3.89. The smallest absolute Gasteiger partial charge is 0.256 e. The van der Waals surface area contributed by atoms with Crippen LogP contribution in [0.3, 0.4) is 0 Å². The summed E-state index contributed by atoms with van der Waals surface area (Å²) < 4.78 is 27.9. The predicted molar refractivity (Wildman–Crippen MR) is 97.1 cm³/mol. The van der Waals surface area contributed by atoms with E-state index in [0.29, 0.717) is 17.9 Å². The van der Waals surface area contributed by atoms with Gasteiger partial charge >= 0.3 is 0 Å². The molecule has 0 aliphatic carbocycles. The van der Waals surface area contributed by atoms with E-state index < -0.39 is 10.0 Å². The van der Waals surface area contributed by atoms with Gasteiger partial charge < -0.3 is 5.32 Å². The number of aromatic nitrogens is 2. The molecular formula is C17H24N4O3S. The van der Waals surface area contributed by atoms with Gasteiger partial charge in [-0.15, -0.1) is 0 Å². The van der Waals surface area contributed by atoms with Crippen molar-refractivity contribution in [3.05, 3.63) is 41.6 Å². The summed E-state index contributed by atoms with van der Waals surface area (Å²) in [6, 6.07) is 7.71. The highest BCUT2D eigenvalue weighted by Gasteiger charge is 2.20. The first-order valence-electron chi connectivity index (χ1n) is 8.14. The molecule has 1 heterocycles. The van der Waals surface area contributed by atoms with Gasteiger partial charge in [-0.3, -0.25) is 9.48 Å². The summed E-state index contributed by atoms with van der Waals surface area (Å²) in [6.07, 6.45) is 1.73. The monoisotopic (exact) mass is 364 g/mol. The van der Waals surface area contributed by atoms with Crippen molar-refractivity contribution in [3.8, 4) is 0 Å². The zero-order chi connectivity index (χ0) is 18.6. The minimum Gasteiger partial charge on any atom is -0.307 e. The first kappa shape index (κ1) is 19.1. The Morgan fingerprint density at radius 1 is 1.28 bits per heavy atom. The SMILES string of the molecule is CCCCN(C)S(=O)(=O)c1ccc(C(=O)Nc2cc(C)nn2C)cc1. The minimum atomic E-state index is -3.53. The topological polar surface area (TPSA) is 84.3 Å². The second kappa shape index (κ2) is 7.79. The summed E-state index contributed by atoms with van der Waals surface area (Å²) in [6.45, 7) is 4.32. The lowest BCUT2D eigenvalue weighted by Crippen LogP contribution is -2.28. The number of carbonyl (C=O) groups is 1. The molecule has 1 N–H and O–H groups in total. The number of hydrogen-bond acceptors (Lipinski definition) is 4. The Balaban J connectivity index is 2.13. The summed E-state index contributed by atoms with van der Waals surface area (Å²) in [5.74, 6) is 0.268. The standard InChI is InChI=1S/C17H24N4O3S/c1-5-6-11-20(3)25(23,24)15-9-7-14(8-10-15)17(22)18-16-12-13(2)19-21(16)4/h7-10,12H,5-6,11H2,1-4H3,(H,18,22). The molecule has 1 amide bonds. The minimum absolute atomic E-state index is 0.180. The number of carbonyl (C=O) groups excluding carboxylic acids is 1. The number of nitrogens with zero attached hydrogens (tertiary/aromatic N) is 3. The van der Waals surface area contributed by atoms with Crippen LogP contribution in [0.2, 0.25) is 0 Å². The van der Waals surface area contributed by atoms with Gasteiger partial charge in [-0.1, -0.05) is 13.3 Å². The molecule has 136 valence electrons. The Morgan fingerprint density at radius 3 is 2.44 bits per heavy atom. The van der Waals surface area contributed by atoms with Gasteiger partial charge in [-0.05, 0) is 37.6 Å². The second-order valence-corrected chi connectivity index (χ2v) is 8.00. The lowest BCUT2D eigenvalue weighted by molar-refractivity contribution is 0.102. The highest BCUT2D eigenvalue weighted by atomic mass is 32.2. The molecular weight excluding hydrogens is 340 g/mol. The molecule has 0 saturated heterocycles. The van der Waals surface area contributed by atoms with Crippen LogP contribution in [0.5, 0.6) is 0 Å². The third-order valence-corrected chi connectivity index (χ3v) is 5.77. The third kappa shape index (κ3) is 4.46. The van der Waals surface area contributed by atoms with E-state index in [1.807, 2.05) is 13.8 Å². The molecule has 0 unspecified atom stereocenters. The molecule has 2 rings (SSSR count). The van der Waals surface area contributed by atoms with Crippen LogP contribution < -0.4 is 5.32 Å². The summed E-state index contributed by atoms with van der Waals surface area (Å²) in [7, 11) is -0.222. The fourth-order valence-corrected chi connectivity index (χ4v) is 3.58. The molecule has 2 aromatic rings. The van der Waals surface area contributed by atoms with E-state index in [1.54, 1.807) is 24.8 Å². The molecule has 7 nitrogen and oxygen atoms in total. The van der Waals surface area contributed by atoms with Crippen LogP contribution in [0.4, 0.5) is 5.82 Å². The van der Waals surface area contributed by atoms with Crippen molar-refractivity contribution in [1.82, 2.24) is 14.1 Å².